The summed E-state index contributed by atoms with van der Waals surface area (Å²) < 4.78 is 13.1. The minimum Gasteiger partial charge on any atom is -0.354 e. The molecule has 2 rings (SSSR count). The van der Waals surface area contributed by atoms with E-state index in [2.05, 4.69) is 31.4 Å². The van der Waals surface area contributed by atoms with Crippen molar-refractivity contribution in [1.82, 2.24) is 10.6 Å². The number of nitrogens with one attached hydrogen (secondary N) is 2. The third kappa shape index (κ3) is 6.77. The van der Waals surface area contributed by atoms with Crippen LogP contribution in [0.25, 0.3) is 0 Å². The van der Waals surface area contributed by atoms with Gasteiger partial charge in [-0.1, -0.05) is 32.9 Å². The molecule has 1 saturated carbocycles. The smallest absolute Gasteiger partial charge is 0.239 e. The van der Waals surface area contributed by atoms with Crippen molar-refractivity contribution in [2.75, 3.05) is 13.1 Å². The molecule has 0 heterocycles. The molecule has 1 aliphatic rings. The molecule has 1 aliphatic carbocycles. The van der Waals surface area contributed by atoms with Crippen LogP contribution in [0.1, 0.15) is 52.0 Å². The zero-order chi connectivity index (χ0) is 19.2. The van der Waals surface area contributed by atoms with E-state index in [1.54, 1.807) is 12.1 Å². The Kier molecular flexibility index (Phi) is 7.18. The van der Waals surface area contributed by atoms with Crippen LogP contribution in [-0.2, 0) is 16.0 Å². The monoisotopic (exact) mass is 362 g/mol. The van der Waals surface area contributed by atoms with Crippen LogP contribution in [0, 0.1) is 23.1 Å². The lowest BCUT2D eigenvalue weighted by Gasteiger charge is -2.37. The second kappa shape index (κ2) is 9.15. The molecule has 0 aliphatic heterocycles. The van der Waals surface area contributed by atoms with Crippen molar-refractivity contribution >= 4 is 11.8 Å². The molecule has 1 aromatic rings. The van der Waals surface area contributed by atoms with Crippen LogP contribution in [0.4, 0.5) is 4.39 Å². The Morgan fingerprint density at radius 1 is 1.08 bits per heavy atom. The Labute approximate surface area is 155 Å². The lowest BCUT2D eigenvalue weighted by molar-refractivity contribution is -0.125. The molecule has 0 atom stereocenters. The van der Waals surface area contributed by atoms with Gasteiger partial charge in [-0.2, -0.15) is 0 Å². The quantitative estimate of drug-likeness (QED) is 0.814. The van der Waals surface area contributed by atoms with Gasteiger partial charge < -0.3 is 10.6 Å². The number of halogens is 1. The number of carbonyl (C=O) groups is 2. The zero-order valence-corrected chi connectivity index (χ0v) is 16.1. The molecule has 0 aromatic heterocycles. The van der Waals surface area contributed by atoms with E-state index < -0.39 is 0 Å². The molecule has 26 heavy (non-hydrogen) atoms. The highest BCUT2D eigenvalue weighted by Gasteiger charge is 2.29. The lowest BCUT2D eigenvalue weighted by Crippen LogP contribution is -2.40. The van der Waals surface area contributed by atoms with Crippen molar-refractivity contribution in [2.24, 2.45) is 17.3 Å². The summed E-state index contributed by atoms with van der Waals surface area (Å²) in [5, 5.41) is 5.51. The summed E-state index contributed by atoms with van der Waals surface area (Å²) in [5.41, 5.74) is 0.957. The number of hydrogen-bond acceptors (Lipinski definition) is 2. The molecule has 0 radical (unpaired) electrons. The highest BCUT2D eigenvalue weighted by atomic mass is 19.1. The van der Waals surface area contributed by atoms with Gasteiger partial charge in [-0.25, -0.2) is 4.39 Å². The summed E-state index contributed by atoms with van der Waals surface area (Å²) in [4.78, 5) is 23.8. The second-order valence-corrected chi connectivity index (χ2v) is 8.47. The summed E-state index contributed by atoms with van der Waals surface area (Å²) in [6.07, 6.45) is 4.80. The maximum absolute atomic E-state index is 13.1. The van der Waals surface area contributed by atoms with E-state index in [0.29, 0.717) is 23.4 Å². The molecule has 144 valence electrons. The van der Waals surface area contributed by atoms with Gasteiger partial charge in [0.2, 0.25) is 11.8 Å². The first-order chi connectivity index (χ1) is 12.2. The Bertz CT molecular complexity index is 617. The minimum atomic E-state index is -0.366. The van der Waals surface area contributed by atoms with Gasteiger partial charge in [0.1, 0.15) is 5.82 Å². The number of rotatable bonds is 6. The first-order valence-electron chi connectivity index (χ1n) is 9.52. The van der Waals surface area contributed by atoms with Crippen LogP contribution in [0.3, 0.4) is 0 Å². The Morgan fingerprint density at radius 3 is 2.38 bits per heavy atom. The van der Waals surface area contributed by atoms with E-state index in [-0.39, 0.29) is 30.6 Å². The normalized spacial score (nSPS) is 20.5. The molecule has 4 nitrogen and oxygen atoms in total. The molecule has 0 spiro atoms. The maximum atomic E-state index is 13.1. The lowest BCUT2D eigenvalue weighted by atomic mass is 9.70. The summed E-state index contributed by atoms with van der Waals surface area (Å²) in [6.45, 7) is 7.53. The van der Waals surface area contributed by atoms with Crippen LogP contribution >= 0.6 is 0 Å². The Balaban J connectivity index is 1.63. The van der Waals surface area contributed by atoms with Crippen LogP contribution in [0.2, 0.25) is 0 Å². The summed E-state index contributed by atoms with van der Waals surface area (Å²) in [5.74, 6) is 0.471. The van der Waals surface area contributed by atoms with Gasteiger partial charge in [0.25, 0.3) is 0 Å². The Morgan fingerprint density at radius 2 is 1.77 bits per heavy atom. The predicted octanol–water partition coefficient (Wildman–Crippen LogP) is 3.45. The van der Waals surface area contributed by atoms with E-state index in [0.717, 1.165) is 18.8 Å². The van der Waals surface area contributed by atoms with Crippen molar-refractivity contribution in [3.8, 4) is 0 Å². The van der Waals surface area contributed by atoms with E-state index in [4.69, 9.17) is 0 Å². The fourth-order valence-corrected chi connectivity index (χ4v) is 3.63. The van der Waals surface area contributed by atoms with E-state index in [9.17, 15) is 14.0 Å². The van der Waals surface area contributed by atoms with Gasteiger partial charge >= 0.3 is 0 Å². The van der Waals surface area contributed by atoms with Crippen LogP contribution < -0.4 is 10.6 Å². The van der Waals surface area contributed by atoms with Crippen molar-refractivity contribution in [3.05, 3.63) is 35.6 Å². The van der Waals surface area contributed by atoms with Gasteiger partial charge in [-0.05, 0) is 60.6 Å². The maximum Gasteiger partial charge on any atom is 0.239 e. The molecule has 2 N–H and O–H groups in total. The van der Waals surface area contributed by atoms with Crippen molar-refractivity contribution in [3.63, 3.8) is 0 Å². The number of hydrogen-bond donors (Lipinski definition) is 2. The Hall–Kier alpha value is -1.91. The topological polar surface area (TPSA) is 58.2 Å². The van der Waals surface area contributed by atoms with Gasteiger partial charge in [0, 0.05) is 6.54 Å². The van der Waals surface area contributed by atoms with Gasteiger partial charge in [0.15, 0.2) is 0 Å². The van der Waals surface area contributed by atoms with Crippen molar-refractivity contribution < 1.29 is 14.0 Å². The number of carbonyl (C=O) groups excluding carboxylic acids is 2. The van der Waals surface area contributed by atoms with Gasteiger partial charge in [0.05, 0.1) is 13.0 Å². The predicted molar refractivity (Wildman–Crippen MR) is 101 cm³/mol. The van der Waals surface area contributed by atoms with Crippen LogP contribution in [-0.4, -0.2) is 24.9 Å². The average Bonchev–Trinajstić information content (AvgIpc) is 2.58. The summed E-state index contributed by atoms with van der Waals surface area (Å²) >= 11 is 0. The highest BCUT2D eigenvalue weighted by molar-refractivity contribution is 5.85. The fourth-order valence-electron chi connectivity index (χ4n) is 3.63. The van der Waals surface area contributed by atoms with Crippen LogP contribution in [0.15, 0.2) is 24.3 Å². The standard InChI is InChI=1S/C21H31FN2O2/c1-21(2,3)17-9-7-15(8-10-17)13-23-20(26)14-24-19(25)12-16-5-4-6-18(22)11-16/h4-6,11,15,17H,7-10,12-14H2,1-3H3,(H,23,26)(H,24,25). The fraction of sp³-hybridized carbons (Fsp3) is 0.619. The third-order valence-corrected chi connectivity index (χ3v) is 5.36. The molecule has 1 fully saturated rings. The van der Waals surface area contributed by atoms with E-state index >= 15 is 0 Å². The van der Waals surface area contributed by atoms with Gasteiger partial charge in [-0.15, -0.1) is 0 Å². The highest BCUT2D eigenvalue weighted by Crippen LogP contribution is 2.39. The average molecular weight is 362 g/mol. The molecule has 0 bridgehead atoms. The first-order valence-corrected chi connectivity index (χ1v) is 9.52. The van der Waals surface area contributed by atoms with Crippen molar-refractivity contribution in [1.29, 1.82) is 0 Å². The van der Waals surface area contributed by atoms with Gasteiger partial charge in [-0.3, -0.25) is 9.59 Å². The van der Waals surface area contributed by atoms with Crippen LogP contribution in [0.5, 0.6) is 0 Å². The molecular formula is C21H31FN2O2. The second-order valence-electron chi connectivity index (χ2n) is 8.47. The third-order valence-electron chi connectivity index (χ3n) is 5.36. The zero-order valence-electron chi connectivity index (χ0n) is 16.1. The number of amides is 2. The molecule has 2 amide bonds. The molecular weight excluding hydrogens is 331 g/mol. The first kappa shape index (κ1) is 20.4. The molecule has 0 unspecified atom stereocenters. The molecule has 5 heteroatoms. The minimum absolute atomic E-state index is 0.0362. The molecule has 0 saturated heterocycles. The molecule has 1 aromatic carbocycles. The SMILES string of the molecule is CC(C)(C)C1CCC(CNC(=O)CNC(=O)Cc2cccc(F)c2)CC1. The van der Waals surface area contributed by atoms with E-state index in [1.807, 2.05) is 0 Å². The number of benzene rings is 1. The van der Waals surface area contributed by atoms with Crippen molar-refractivity contribution in [2.45, 2.75) is 52.9 Å². The largest absolute Gasteiger partial charge is 0.354 e. The summed E-state index contributed by atoms with van der Waals surface area (Å²) in [6, 6.07) is 5.92. The summed E-state index contributed by atoms with van der Waals surface area (Å²) in [7, 11) is 0. The van der Waals surface area contributed by atoms with E-state index in [1.165, 1.54) is 25.0 Å².